The monoisotopic (exact) mass is 309 g/mol. The van der Waals surface area contributed by atoms with Crippen LogP contribution in [0.5, 0.6) is 0 Å². The molecule has 6 heteroatoms. The van der Waals surface area contributed by atoms with Gasteiger partial charge in [-0.2, -0.15) is 9.57 Å². The van der Waals surface area contributed by atoms with Crippen molar-refractivity contribution < 1.29 is 8.42 Å². The van der Waals surface area contributed by atoms with Crippen LogP contribution in [-0.4, -0.2) is 29.5 Å². The summed E-state index contributed by atoms with van der Waals surface area (Å²) in [4.78, 5) is 4.09. The maximum Gasteiger partial charge on any atom is 0.231 e. The first kappa shape index (κ1) is 17.6. The molecular weight excluding hydrogens is 286 g/mol. The van der Waals surface area contributed by atoms with Gasteiger partial charge in [0, 0.05) is 18.9 Å². The molecule has 0 saturated carbocycles. The lowest BCUT2D eigenvalue weighted by atomic mass is 9.97. The molecule has 0 fully saturated rings. The SMILES string of the molecule is CCC(C#N)S(=O)(=O)N(CC)C(c1cccnc1)C(C)C. The molecule has 1 rings (SSSR count). The summed E-state index contributed by atoms with van der Waals surface area (Å²) < 4.78 is 26.9. The second-order valence-corrected chi connectivity index (χ2v) is 7.32. The summed E-state index contributed by atoms with van der Waals surface area (Å²) in [6.45, 7) is 7.80. The van der Waals surface area contributed by atoms with Crippen LogP contribution < -0.4 is 0 Å². The Labute approximate surface area is 127 Å². The maximum absolute atomic E-state index is 12.7. The van der Waals surface area contributed by atoms with E-state index in [1.807, 2.05) is 26.0 Å². The van der Waals surface area contributed by atoms with Crippen LogP contribution in [0.2, 0.25) is 0 Å². The second-order valence-electron chi connectivity index (χ2n) is 5.25. The van der Waals surface area contributed by atoms with Gasteiger partial charge >= 0.3 is 0 Å². The lowest BCUT2D eigenvalue weighted by Gasteiger charge is -2.34. The Morgan fingerprint density at radius 3 is 2.43 bits per heavy atom. The van der Waals surface area contributed by atoms with E-state index in [-0.39, 0.29) is 18.4 Å². The zero-order valence-electron chi connectivity index (χ0n) is 13.0. The van der Waals surface area contributed by atoms with Crippen molar-refractivity contribution >= 4 is 10.0 Å². The third-order valence-corrected chi connectivity index (χ3v) is 5.78. The summed E-state index contributed by atoms with van der Waals surface area (Å²) in [6.07, 6.45) is 3.64. The highest BCUT2D eigenvalue weighted by Crippen LogP contribution is 2.32. The number of nitrogens with zero attached hydrogens (tertiary/aromatic N) is 3. The van der Waals surface area contributed by atoms with Gasteiger partial charge in [0.1, 0.15) is 0 Å². The lowest BCUT2D eigenvalue weighted by Crippen LogP contribution is -2.42. The molecule has 0 N–H and O–H groups in total. The quantitative estimate of drug-likeness (QED) is 0.776. The van der Waals surface area contributed by atoms with E-state index in [9.17, 15) is 8.42 Å². The summed E-state index contributed by atoms with van der Waals surface area (Å²) >= 11 is 0. The van der Waals surface area contributed by atoms with Gasteiger partial charge in [0.25, 0.3) is 0 Å². The van der Waals surface area contributed by atoms with Crippen LogP contribution in [0.1, 0.15) is 45.7 Å². The van der Waals surface area contributed by atoms with Crippen LogP contribution in [0, 0.1) is 17.2 Å². The minimum atomic E-state index is -3.66. The van der Waals surface area contributed by atoms with Gasteiger partial charge in [0.05, 0.1) is 12.1 Å². The predicted octanol–water partition coefficient (Wildman–Crippen LogP) is 2.73. The van der Waals surface area contributed by atoms with Crippen molar-refractivity contribution in [1.29, 1.82) is 5.26 Å². The first-order chi connectivity index (χ1) is 9.89. The normalized spacial score (nSPS) is 14.9. The molecule has 5 nitrogen and oxygen atoms in total. The van der Waals surface area contributed by atoms with Gasteiger partial charge in [0.15, 0.2) is 5.25 Å². The van der Waals surface area contributed by atoms with E-state index in [1.54, 1.807) is 32.3 Å². The van der Waals surface area contributed by atoms with Crippen molar-refractivity contribution in [3.05, 3.63) is 30.1 Å². The number of nitriles is 1. The molecule has 1 heterocycles. The molecule has 0 radical (unpaired) electrons. The minimum Gasteiger partial charge on any atom is -0.264 e. The van der Waals surface area contributed by atoms with E-state index < -0.39 is 15.3 Å². The number of rotatable bonds is 7. The molecule has 0 saturated heterocycles. The Bertz CT molecular complexity index is 579. The number of aromatic nitrogens is 1. The van der Waals surface area contributed by atoms with Crippen molar-refractivity contribution in [3.8, 4) is 6.07 Å². The van der Waals surface area contributed by atoms with Gasteiger partial charge in [-0.25, -0.2) is 8.42 Å². The van der Waals surface area contributed by atoms with Crippen LogP contribution in [0.4, 0.5) is 0 Å². The number of pyridine rings is 1. The summed E-state index contributed by atoms with van der Waals surface area (Å²) in [7, 11) is -3.66. The molecule has 21 heavy (non-hydrogen) atoms. The van der Waals surface area contributed by atoms with Crippen LogP contribution in [0.15, 0.2) is 24.5 Å². The van der Waals surface area contributed by atoms with E-state index in [0.717, 1.165) is 5.56 Å². The van der Waals surface area contributed by atoms with Gasteiger partial charge in [-0.1, -0.05) is 33.8 Å². The molecule has 1 aromatic heterocycles. The Hall–Kier alpha value is -1.45. The van der Waals surface area contributed by atoms with E-state index >= 15 is 0 Å². The fraction of sp³-hybridized carbons (Fsp3) is 0.600. The Morgan fingerprint density at radius 2 is 2.05 bits per heavy atom. The molecule has 0 bridgehead atoms. The molecular formula is C15H23N3O2S. The van der Waals surface area contributed by atoms with E-state index in [4.69, 9.17) is 5.26 Å². The van der Waals surface area contributed by atoms with Gasteiger partial charge in [-0.3, -0.25) is 4.98 Å². The second kappa shape index (κ2) is 7.53. The third kappa shape index (κ3) is 3.80. The van der Waals surface area contributed by atoms with Crippen molar-refractivity contribution in [2.24, 2.45) is 5.92 Å². The van der Waals surface area contributed by atoms with Crippen molar-refractivity contribution in [1.82, 2.24) is 9.29 Å². The number of hydrogen-bond acceptors (Lipinski definition) is 4. The maximum atomic E-state index is 12.7. The highest BCUT2D eigenvalue weighted by Gasteiger charge is 2.36. The standard InChI is InChI=1S/C15H23N3O2S/c1-5-14(10-16)21(19,20)18(6-2)15(12(3)4)13-8-7-9-17-11-13/h7-9,11-12,14-15H,5-6H2,1-4H3. The lowest BCUT2D eigenvalue weighted by molar-refractivity contribution is 0.269. The molecule has 0 aromatic carbocycles. The van der Waals surface area contributed by atoms with Crippen molar-refractivity contribution in [2.45, 2.75) is 45.4 Å². The van der Waals surface area contributed by atoms with Crippen LogP contribution in [0.25, 0.3) is 0 Å². The zero-order valence-corrected chi connectivity index (χ0v) is 13.8. The number of hydrogen-bond donors (Lipinski definition) is 0. The Morgan fingerprint density at radius 1 is 1.38 bits per heavy atom. The molecule has 116 valence electrons. The molecule has 2 unspecified atom stereocenters. The van der Waals surface area contributed by atoms with Crippen LogP contribution in [-0.2, 0) is 10.0 Å². The molecule has 0 aliphatic carbocycles. The highest BCUT2D eigenvalue weighted by molar-refractivity contribution is 7.90. The van der Waals surface area contributed by atoms with Gasteiger partial charge in [0.2, 0.25) is 10.0 Å². The van der Waals surface area contributed by atoms with Crippen molar-refractivity contribution in [2.75, 3.05) is 6.54 Å². The average molecular weight is 309 g/mol. The largest absolute Gasteiger partial charge is 0.264 e. The zero-order chi connectivity index (χ0) is 16.0. The Kier molecular flexibility index (Phi) is 6.31. The third-order valence-electron chi connectivity index (χ3n) is 3.48. The molecule has 0 amide bonds. The van der Waals surface area contributed by atoms with E-state index in [0.29, 0.717) is 6.54 Å². The summed E-state index contributed by atoms with van der Waals surface area (Å²) in [6, 6.07) is 5.27. The fourth-order valence-electron chi connectivity index (χ4n) is 2.50. The molecule has 2 atom stereocenters. The van der Waals surface area contributed by atoms with Crippen LogP contribution in [0.3, 0.4) is 0 Å². The first-order valence-electron chi connectivity index (χ1n) is 7.20. The summed E-state index contributed by atoms with van der Waals surface area (Å²) in [5.41, 5.74) is 0.853. The summed E-state index contributed by atoms with van der Waals surface area (Å²) in [5, 5.41) is 8.12. The first-order valence-corrected chi connectivity index (χ1v) is 8.70. The summed E-state index contributed by atoms with van der Waals surface area (Å²) in [5.74, 6) is 0.0834. The van der Waals surface area contributed by atoms with Gasteiger partial charge in [-0.05, 0) is 24.0 Å². The topological polar surface area (TPSA) is 74.1 Å². The van der Waals surface area contributed by atoms with Crippen molar-refractivity contribution in [3.63, 3.8) is 0 Å². The average Bonchev–Trinajstić information content (AvgIpc) is 2.45. The minimum absolute atomic E-state index is 0.0834. The fourth-order valence-corrected chi connectivity index (χ4v) is 4.42. The molecule has 1 aromatic rings. The van der Waals surface area contributed by atoms with E-state index in [2.05, 4.69) is 4.98 Å². The Balaban J connectivity index is 3.31. The smallest absolute Gasteiger partial charge is 0.231 e. The molecule has 0 aliphatic rings. The molecule has 0 spiro atoms. The predicted molar refractivity (Wildman–Crippen MR) is 82.8 cm³/mol. The van der Waals surface area contributed by atoms with Crippen LogP contribution >= 0.6 is 0 Å². The number of sulfonamides is 1. The molecule has 0 aliphatic heterocycles. The van der Waals surface area contributed by atoms with E-state index in [1.165, 1.54) is 4.31 Å². The highest BCUT2D eigenvalue weighted by atomic mass is 32.2. The van der Waals surface area contributed by atoms with Gasteiger partial charge < -0.3 is 0 Å². The van der Waals surface area contributed by atoms with Gasteiger partial charge in [-0.15, -0.1) is 0 Å².